The van der Waals surface area contributed by atoms with Gasteiger partial charge in [0.25, 0.3) is 0 Å². The zero-order chi connectivity index (χ0) is 10.1. The van der Waals surface area contributed by atoms with Crippen LogP contribution in [0.5, 0.6) is 0 Å². The molecule has 1 heteroatoms. The topological polar surface area (TPSA) is 12.9 Å². The van der Waals surface area contributed by atoms with Gasteiger partial charge in [-0.3, -0.25) is 4.98 Å². The third-order valence-electron chi connectivity index (χ3n) is 3.28. The van der Waals surface area contributed by atoms with Crippen molar-refractivity contribution < 1.29 is 0 Å². The van der Waals surface area contributed by atoms with Crippen LogP contribution in [0.2, 0.25) is 0 Å². The molecule has 0 spiro atoms. The Balaban J connectivity index is 2.20. The normalized spacial score (nSPS) is 16.0. The Kier molecular flexibility index (Phi) is 2.17. The van der Waals surface area contributed by atoms with E-state index in [1.165, 1.54) is 54.6 Å². The first-order chi connectivity index (χ1) is 7.45. The predicted molar refractivity (Wildman–Crippen MR) is 62.1 cm³/mol. The first-order valence-corrected chi connectivity index (χ1v) is 5.82. The van der Waals surface area contributed by atoms with E-state index in [-0.39, 0.29) is 0 Å². The molecule has 1 aliphatic heterocycles. The summed E-state index contributed by atoms with van der Waals surface area (Å²) in [5, 5.41) is 0. The first kappa shape index (κ1) is 8.90. The largest absolute Gasteiger partial charge is 0.253 e. The zero-order valence-electron chi connectivity index (χ0n) is 8.87. The van der Waals surface area contributed by atoms with Crippen molar-refractivity contribution >= 4 is 0 Å². The minimum absolute atomic E-state index is 1.17. The van der Waals surface area contributed by atoms with Gasteiger partial charge in [-0.2, -0.15) is 0 Å². The molecule has 0 unspecified atom stereocenters. The molecule has 76 valence electrons. The van der Waals surface area contributed by atoms with Gasteiger partial charge in [-0.15, -0.1) is 0 Å². The Bertz CT molecular complexity index is 447. The lowest BCUT2D eigenvalue weighted by atomic mass is 10.0. The molecule has 3 aliphatic rings. The van der Waals surface area contributed by atoms with E-state index >= 15 is 0 Å². The van der Waals surface area contributed by atoms with Gasteiger partial charge in [0.15, 0.2) is 0 Å². The van der Waals surface area contributed by atoms with Crippen LogP contribution in [0.1, 0.15) is 30.5 Å². The molecule has 0 amide bonds. The van der Waals surface area contributed by atoms with E-state index in [1.807, 2.05) is 0 Å². The fraction of sp³-hybridized carbons (Fsp3) is 0.357. The standard InChI is InChI=1S/C14H15N/c1-3-7-11-12-8-4-2-6-10-14(12)15-13(11)9-5-1/h1,3,5,7,9H,2,4,6,8,10H2. The van der Waals surface area contributed by atoms with Crippen LogP contribution in [0.15, 0.2) is 30.3 Å². The number of rotatable bonds is 0. The molecule has 2 aliphatic carbocycles. The van der Waals surface area contributed by atoms with Crippen molar-refractivity contribution in [3.63, 3.8) is 0 Å². The summed E-state index contributed by atoms with van der Waals surface area (Å²) in [6.07, 6.45) is 6.38. The molecule has 0 fully saturated rings. The number of aryl methyl sites for hydroxylation is 1. The number of nitrogens with zero attached hydrogens (tertiary/aromatic N) is 1. The Hall–Kier alpha value is -1.37. The summed E-state index contributed by atoms with van der Waals surface area (Å²) >= 11 is 0. The van der Waals surface area contributed by atoms with Gasteiger partial charge in [0, 0.05) is 11.3 Å². The van der Waals surface area contributed by atoms with E-state index in [0.717, 1.165) is 0 Å². The maximum Gasteiger partial charge on any atom is 0.0708 e. The van der Waals surface area contributed by atoms with Gasteiger partial charge in [-0.25, -0.2) is 0 Å². The third-order valence-corrected chi connectivity index (χ3v) is 3.28. The van der Waals surface area contributed by atoms with Gasteiger partial charge in [0.1, 0.15) is 0 Å². The predicted octanol–water partition coefficient (Wildman–Crippen LogP) is 3.46. The molecule has 0 aromatic rings. The van der Waals surface area contributed by atoms with Crippen LogP contribution in [0.4, 0.5) is 0 Å². The van der Waals surface area contributed by atoms with Gasteiger partial charge < -0.3 is 0 Å². The zero-order valence-corrected chi connectivity index (χ0v) is 8.87. The number of fused-ring (bicyclic) bond motifs is 3. The van der Waals surface area contributed by atoms with E-state index in [9.17, 15) is 0 Å². The first-order valence-electron chi connectivity index (χ1n) is 5.82. The van der Waals surface area contributed by atoms with Crippen LogP contribution in [0.3, 0.4) is 0 Å². The molecule has 3 rings (SSSR count). The van der Waals surface area contributed by atoms with Crippen LogP contribution >= 0.6 is 0 Å². The van der Waals surface area contributed by atoms with Crippen molar-refractivity contribution in [3.8, 4) is 11.3 Å². The van der Waals surface area contributed by atoms with E-state index in [2.05, 4.69) is 30.3 Å². The van der Waals surface area contributed by atoms with Gasteiger partial charge in [-0.1, -0.05) is 30.7 Å². The molecule has 0 saturated carbocycles. The second-order valence-electron chi connectivity index (χ2n) is 4.31. The van der Waals surface area contributed by atoms with Crippen molar-refractivity contribution in [2.45, 2.75) is 32.1 Å². The lowest BCUT2D eigenvalue weighted by Gasteiger charge is -1.97. The van der Waals surface area contributed by atoms with E-state index in [1.54, 1.807) is 0 Å². The average molecular weight is 197 g/mol. The lowest BCUT2D eigenvalue weighted by Crippen LogP contribution is -1.86. The van der Waals surface area contributed by atoms with Crippen molar-refractivity contribution in [2.24, 2.45) is 0 Å². The summed E-state index contributed by atoms with van der Waals surface area (Å²) in [7, 11) is 0. The number of hydrogen-bond acceptors (Lipinski definition) is 1. The van der Waals surface area contributed by atoms with Crippen molar-refractivity contribution in [1.82, 2.24) is 4.98 Å². The Labute approximate surface area is 90.5 Å². The quantitative estimate of drug-likeness (QED) is 0.589. The van der Waals surface area contributed by atoms with Gasteiger partial charge in [-0.05, 0) is 37.3 Å². The molecule has 0 N–H and O–H groups in total. The third kappa shape index (κ3) is 1.52. The molecular formula is C14H15N. The molecule has 0 atom stereocenters. The van der Waals surface area contributed by atoms with E-state index < -0.39 is 0 Å². The average Bonchev–Trinajstić information content (AvgIpc) is 2.51. The highest BCUT2D eigenvalue weighted by molar-refractivity contribution is 5.67. The Morgan fingerprint density at radius 1 is 0.867 bits per heavy atom. The molecule has 0 radical (unpaired) electrons. The monoisotopic (exact) mass is 197 g/mol. The minimum Gasteiger partial charge on any atom is -0.253 e. The highest BCUT2D eigenvalue weighted by atomic mass is 14.7. The number of aromatic nitrogens is 1. The van der Waals surface area contributed by atoms with Gasteiger partial charge >= 0.3 is 0 Å². The Morgan fingerprint density at radius 2 is 1.73 bits per heavy atom. The fourth-order valence-electron chi connectivity index (χ4n) is 2.52. The summed E-state index contributed by atoms with van der Waals surface area (Å²) in [6, 6.07) is 10.6. The van der Waals surface area contributed by atoms with Crippen molar-refractivity contribution in [2.75, 3.05) is 0 Å². The smallest absolute Gasteiger partial charge is 0.0708 e. The molecular weight excluding hydrogens is 182 g/mol. The molecule has 0 saturated heterocycles. The second-order valence-corrected chi connectivity index (χ2v) is 4.31. The van der Waals surface area contributed by atoms with Crippen LogP contribution < -0.4 is 0 Å². The van der Waals surface area contributed by atoms with Crippen LogP contribution in [-0.4, -0.2) is 4.98 Å². The summed E-state index contributed by atoms with van der Waals surface area (Å²) in [6.45, 7) is 0. The summed E-state index contributed by atoms with van der Waals surface area (Å²) in [4.78, 5) is 4.75. The van der Waals surface area contributed by atoms with E-state index in [4.69, 9.17) is 4.98 Å². The maximum atomic E-state index is 4.75. The SMILES string of the molecule is c1ccc2nc3c(c-2cc1)CCCCC3. The molecule has 0 aromatic carbocycles. The molecule has 0 aromatic heterocycles. The van der Waals surface area contributed by atoms with Gasteiger partial charge in [0.2, 0.25) is 0 Å². The molecule has 1 nitrogen and oxygen atoms in total. The molecule has 0 bridgehead atoms. The maximum absolute atomic E-state index is 4.75. The molecule has 15 heavy (non-hydrogen) atoms. The fourth-order valence-corrected chi connectivity index (χ4v) is 2.52. The van der Waals surface area contributed by atoms with Crippen LogP contribution in [0, 0.1) is 0 Å². The highest BCUT2D eigenvalue weighted by Crippen LogP contribution is 2.31. The van der Waals surface area contributed by atoms with Crippen molar-refractivity contribution in [3.05, 3.63) is 41.6 Å². The highest BCUT2D eigenvalue weighted by Gasteiger charge is 2.17. The lowest BCUT2D eigenvalue weighted by molar-refractivity contribution is 0.707. The summed E-state index contributed by atoms with van der Waals surface area (Å²) in [5.41, 5.74) is 5.41. The summed E-state index contributed by atoms with van der Waals surface area (Å²) in [5.74, 6) is 0. The van der Waals surface area contributed by atoms with Gasteiger partial charge in [0.05, 0.1) is 5.69 Å². The van der Waals surface area contributed by atoms with E-state index in [0.29, 0.717) is 0 Å². The minimum atomic E-state index is 1.17. The number of hydrogen-bond donors (Lipinski definition) is 0. The Morgan fingerprint density at radius 3 is 2.73 bits per heavy atom. The second kappa shape index (κ2) is 3.65. The summed E-state index contributed by atoms with van der Waals surface area (Å²) < 4.78 is 0. The van der Waals surface area contributed by atoms with Crippen molar-refractivity contribution in [1.29, 1.82) is 0 Å². The van der Waals surface area contributed by atoms with Crippen LogP contribution in [-0.2, 0) is 12.8 Å². The van der Waals surface area contributed by atoms with Crippen LogP contribution in [0.25, 0.3) is 11.3 Å². The molecule has 1 heterocycles.